The summed E-state index contributed by atoms with van der Waals surface area (Å²) >= 11 is 0. The van der Waals surface area contributed by atoms with Crippen molar-refractivity contribution in [3.8, 4) is 11.5 Å². The van der Waals surface area contributed by atoms with Crippen molar-refractivity contribution in [2.24, 2.45) is 0 Å². The molecule has 3 rings (SSSR count). The SMILES string of the molecule is C=C(CCN(CCOc1ccccc1)CCOc1ccccc1)c1ccccc1. The molecule has 3 aromatic rings. The Hall–Kier alpha value is -3.04. The minimum atomic E-state index is 0.646. The molecular weight excluding hydrogens is 358 g/mol. The Morgan fingerprint density at radius 3 is 1.55 bits per heavy atom. The first-order valence-corrected chi connectivity index (χ1v) is 10.1. The Balaban J connectivity index is 1.49. The van der Waals surface area contributed by atoms with E-state index < -0.39 is 0 Å². The van der Waals surface area contributed by atoms with E-state index in [0.717, 1.165) is 43.1 Å². The summed E-state index contributed by atoms with van der Waals surface area (Å²) in [5, 5.41) is 0. The molecule has 3 heteroatoms. The van der Waals surface area contributed by atoms with Gasteiger partial charge in [-0.25, -0.2) is 0 Å². The maximum atomic E-state index is 5.89. The summed E-state index contributed by atoms with van der Waals surface area (Å²) in [5.74, 6) is 1.81. The number of benzene rings is 3. The smallest absolute Gasteiger partial charge is 0.119 e. The van der Waals surface area contributed by atoms with Crippen LogP contribution in [0.4, 0.5) is 0 Å². The normalized spacial score (nSPS) is 10.7. The van der Waals surface area contributed by atoms with Gasteiger partial charge < -0.3 is 9.47 Å². The predicted molar refractivity (Wildman–Crippen MR) is 120 cm³/mol. The van der Waals surface area contributed by atoms with E-state index in [-0.39, 0.29) is 0 Å². The molecule has 0 aromatic heterocycles. The van der Waals surface area contributed by atoms with E-state index in [1.54, 1.807) is 0 Å². The van der Waals surface area contributed by atoms with Gasteiger partial charge >= 0.3 is 0 Å². The molecule has 29 heavy (non-hydrogen) atoms. The molecule has 0 saturated heterocycles. The van der Waals surface area contributed by atoms with E-state index in [1.807, 2.05) is 66.7 Å². The van der Waals surface area contributed by atoms with E-state index in [9.17, 15) is 0 Å². The third-order valence-corrected chi connectivity index (χ3v) is 4.75. The van der Waals surface area contributed by atoms with Gasteiger partial charge in [0.25, 0.3) is 0 Å². The molecule has 0 aliphatic heterocycles. The average molecular weight is 388 g/mol. The Kier molecular flexibility index (Phi) is 8.36. The van der Waals surface area contributed by atoms with Crippen LogP contribution >= 0.6 is 0 Å². The zero-order valence-electron chi connectivity index (χ0n) is 16.9. The zero-order chi connectivity index (χ0) is 20.2. The number of hydrogen-bond acceptors (Lipinski definition) is 3. The molecule has 0 unspecified atom stereocenters. The standard InChI is InChI=1S/C26H29NO2/c1-23(24-11-5-2-6-12-24)17-18-27(19-21-28-25-13-7-3-8-14-25)20-22-29-26-15-9-4-10-16-26/h2-16H,1,17-22H2. The van der Waals surface area contributed by atoms with Crippen LogP contribution in [0.2, 0.25) is 0 Å². The summed E-state index contributed by atoms with van der Waals surface area (Å²) < 4.78 is 11.8. The summed E-state index contributed by atoms with van der Waals surface area (Å²) in [6.45, 7) is 8.16. The lowest BCUT2D eigenvalue weighted by molar-refractivity contribution is 0.179. The topological polar surface area (TPSA) is 21.7 Å². The van der Waals surface area contributed by atoms with Crippen LogP contribution in [0, 0.1) is 0 Å². The van der Waals surface area contributed by atoms with Crippen LogP contribution in [-0.2, 0) is 0 Å². The van der Waals surface area contributed by atoms with Crippen molar-refractivity contribution in [1.82, 2.24) is 4.90 Å². The Morgan fingerprint density at radius 1 is 0.621 bits per heavy atom. The van der Waals surface area contributed by atoms with Crippen LogP contribution in [0.25, 0.3) is 5.57 Å². The largest absolute Gasteiger partial charge is 0.492 e. The van der Waals surface area contributed by atoms with Gasteiger partial charge in [-0.05, 0) is 41.8 Å². The van der Waals surface area contributed by atoms with Crippen LogP contribution in [-0.4, -0.2) is 37.7 Å². The second-order valence-electron chi connectivity index (χ2n) is 6.88. The van der Waals surface area contributed by atoms with Gasteiger partial charge in [0, 0.05) is 19.6 Å². The number of ether oxygens (including phenoxy) is 2. The van der Waals surface area contributed by atoms with Crippen molar-refractivity contribution in [3.63, 3.8) is 0 Å². The molecule has 0 bridgehead atoms. The second kappa shape index (κ2) is 11.7. The van der Waals surface area contributed by atoms with Gasteiger partial charge in [-0.3, -0.25) is 4.90 Å². The monoisotopic (exact) mass is 387 g/mol. The molecule has 0 spiro atoms. The highest BCUT2D eigenvalue weighted by molar-refractivity contribution is 5.63. The van der Waals surface area contributed by atoms with Crippen LogP contribution in [0.15, 0.2) is 97.6 Å². The first-order valence-electron chi connectivity index (χ1n) is 10.1. The van der Waals surface area contributed by atoms with Gasteiger partial charge in [0.1, 0.15) is 24.7 Å². The highest BCUT2D eigenvalue weighted by Gasteiger charge is 2.08. The van der Waals surface area contributed by atoms with Gasteiger partial charge in [0.05, 0.1) is 0 Å². The summed E-state index contributed by atoms with van der Waals surface area (Å²) in [6, 6.07) is 30.3. The van der Waals surface area contributed by atoms with Gasteiger partial charge in [0.15, 0.2) is 0 Å². The molecule has 0 N–H and O–H groups in total. The molecule has 0 atom stereocenters. The van der Waals surface area contributed by atoms with Gasteiger partial charge in [-0.2, -0.15) is 0 Å². The molecule has 0 fully saturated rings. The maximum absolute atomic E-state index is 5.89. The molecular formula is C26H29NO2. The van der Waals surface area contributed by atoms with Crippen molar-refractivity contribution in [2.75, 3.05) is 32.8 Å². The lowest BCUT2D eigenvalue weighted by Crippen LogP contribution is -2.33. The maximum Gasteiger partial charge on any atom is 0.119 e. The zero-order valence-corrected chi connectivity index (χ0v) is 16.9. The Labute approximate surface area is 174 Å². The fourth-order valence-electron chi connectivity index (χ4n) is 3.07. The minimum absolute atomic E-state index is 0.646. The van der Waals surface area contributed by atoms with Gasteiger partial charge in [0.2, 0.25) is 0 Å². The number of nitrogens with zero attached hydrogens (tertiary/aromatic N) is 1. The fraction of sp³-hybridized carbons (Fsp3) is 0.231. The summed E-state index contributed by atoms with van der Waals surface area (Å²) in [4.78, 5) is 2.38. The van der Waals surface area contributed by atoms with Crippen LogP contribution < -0.4 is 9.47 Å². The Bertz CT molecular complexity index is 789. The molecule has 3 nitrogen and oxygen atoms in total. The van der Waals surface area contributed by atoms with Crippen molar-refractivity contribution in [1.29, 1.82) is 0 Å². The molecule has 3 aromatic carbocycles. The minimum Gasteiger partial charge on any atom is -0.492 e. The van der Waals surface area contributed by atoms with Crippen LogP contribution in [0.3, 0.4) is 0 Å². The third kappa shape index (κ3) is 7.47. The molecule has 0 amide bonds. The first-order chi connectivity index (χ1) is 14.3. The second-order valence-corrected chi connectivity index (χ2v) is 6.88. The van der Waals surface area contributed by atoms with E-state index in [1.165, 1.54) is 5.56 Å². The molecule has 0 radical (unpaired) electrons. The van der Waals surface area contributed by atoms with Gasteiger partial charge in [-0.15, -0.1) is 0 Å². The van der Waals surface area contributed by atoms with E-state index >= 15 is 0 Å². The van der Waals surface area contributed by atoms with Crippen molar-refractivity contribution < 1.29 is 9.47 Å². The van der Waals surface area contributed by atoms with Crippen molar-refractivity contribution >= 4 is 5.57 Å². The quantitative estimate of drug-likeness (QED) is 0.407. The van der Waals surface area contributed by atoms with E-state index in [0.29, 0.717) is 13.2 Å². The molecule has 0 aliphatic rings. The van der Waals surface area contributed by atoms with Crippen LogP contribution in [0.1, 0.15) is 12.0 Å². The van der Waals surface area contributed by atoms with Crippen LogP contribution in [0.5, 0.6) is 11.5 Å². The summed E-state index contributed by atoms with van der Waals surface area (Å²) in [5.41, 5.74) is 2.36. The number of para-hydroxylation sites is 2. The molecule has 0 saturated carbocycles. The highest BCUT2D eigenvalue weighted by Crippen LogP contribution is 2.16. The molecule has 150 valence electrons. The lowest BCUT2D eigenvalue weighted by atomic mass is 10.0. The number of rotatable bonds is 12. The predicted octanol–water partition coefficient (Wildman–Crippen LogP) is 5.55. The Morgan fingerprint density at radius 2 is 1.07 bits per heavy atom. The van der Waals surface area contributed by atoms with Crippen molar-refractivity contribution in [3.05, 3.63) is 103 Å². The van der Waals surface area contributed by atoms with Crippen molar-refractivity contribution in [2.45, 2.75) is 6.42 Å². The third-order valence-electron chi connectivity index (χ3n) is 4.75. The first kappa shape index (κ1) is 20.7. The highest BCUT2D eigenvalue weighted by atomic mass is 16.5. The van der Waals surface area contributed by atoms with E-state index in [4.69, 9.17) is 9.47 Å². The van der Waals surface area contributed by atoms with Gasteiger partial charge in [-0.1, -0.05) is 73.3 Å². The number of hydrogen-bond donors (Lipinski definition) is 0. The average Bonchev–Trinajstić information content (AvgIpc) is 2.79. The lowest BCUT2D eigenvalue weighted by Gasteiger charge is -2.23. The fourth-order valence-corrected chi connectivity index (χ4v) is 3.07. The summed E-state index contributed by atoms with van der Waals surface area (Å²) in [6.07, 6.45) is 0.917. The molecule has 0 heterocycles. The molecule has 0 aliphatic carbocycles. The summed E-state index contributed by atoms with van der Waals surface area (Å²) in [7, 11) is 0. The van der Waals surface area contributed by atoms with E-state index in [2.05, 4.69) is 35.7 Å².